The van der Waals surface area contributed by atoms with Gasteiger partial charge in [-0.3, -0.25) is 14.4 Å². The molecule has 0 bridgehead atoms. The maximum Gasteiger partial charge on any atom is 0.218 e. The van der Waals surface area contributed by atoms with Crippen molar-refractivity contribution >= 4 is 46.5 Å². The Kier molecular flexibility index (Phi) is 2.77. The number of carbonyl (C=O) groups is 2. The summed E-state index contributed by atoms with van der Waals surface area (Å²) in [6.07, 6.45) is 0.959. The van der Waals surface area contributed by atoms with Gasteiger partial charge >= 0.3 is 0 Å². The molecule has 6 heteroatoms. The molecule has 64 valence electrons. The summed E-state index contributed by atoms with van der Waals surface area (Å²) in [6, 6.07) is 0. The van der Waals surface area contributed by atoms with Gasteiger partial charge in [0.1, 0.15) is 10.7 Å². The fraction of sp³-hybridized carbons (Fsp3) is 0. The van der Waals surface area contributed by atoms with Gasteiger partial charge in [0, 0.05) is 17.9 Å². The zero-order valence-corrected chi connectivity index (χ0v) is 7.80. The first-order valence-electron chi connectivity index (χ1n) is 2.80. The second kappa shape index (κ2) is 3.47. The van der Waals surface area contributed by atoms with Crippen molar-refractivity contribution in [2.45, 2.75) is 0 Å². The first-order valence-corrected chi connectivity index (χ1v) is 3.94. The average molecular weight is 226 g/mol. The average Bonchev–Trinajstić information content (AvgIpc) is 2.01. The number of nitrogens with one attached hydrogen (secondary N) is 1. The Hall–Kier alpha value is -0.510. The summed E-state index contributed by atoms with van der Waals surface area (Å²) < 4.78 is 0. The fourth-order valence-electron chi connectivity index (χ4n) is 0.667. The van der Waals surface area contributed by atoms with Gasteiger partial charge in [-0.25, -0.2) is 0 Å². The van der Waals surface area contributed by atoms with E-state index in [1.165, 1.54) is 0 Å². The molecule has 0 heterocycles. The van der Waals surface area contributed by atoms with E-state index in [1.54, 1.807) is 0 Å². The van der Waals surface area contributed by atoms with Crippen LogP contribution < -0.4 is 4.84 Å². The zero-order valence-electron chi connectivity index (χ0n) is 5.53. The van der Waals surface area contributed by atoms with Gasteiger partial charge in [0.15, 0.2) is 0 Å². The van der Waals surface area contributed by atoms with E-state index in [4.69, 9.17) is 35.0 Å². The molecule has 0 saturated carbocycles. The van der Waals surface area contributed by atoms with E-state index in [0.29, 0.717) is 0 Å². The third kappa shape index (κ3) is 1.48. The monoisotopic (exact) mass is 225 g/mol. The predicted octanol–water partition coefficient (Wildman–Crippen LogP) is 1.45. The minimum Gasteiger partial charge on any atom is -0.293 e. The van der Waals surface area contributed by atoms with Crippen LogP contribution in [0.3, 0.4) is 0 Å². The molecule has 0 spiro atoms. The fourth-order valence-corrected chi connectivity index (χ4v) is 1.39. The third-order valence-electron chi connectivity index (χ3n) is 1.23. The van der Waals surface area contributed by atoms with E-state index in [0.717, 1.165) is 6.08 Å². The second-order valence-electron chi connectivity index (χ2n) is 1.97. The lowest BCUT2D eigenvalue weighted by atomic mass is 10.1. The van der Waals surface area contributed by atoms with E-state index in [2.05, 4.69) is 0 Å². The maximum absolute atomic E-state index is 11.0. The molecule has 1 rings (SSSR count). The van der Waals surface area contributed by atoms with Crippen molar-refractivity contribution in [3.8, 4) is 0 Å². The number of Topliss-reactive ketones (excluding diaryl/α,β-unsaturated/α-hetero) is 1. The standard InChI is InChI=1S/C6H2Cl3NO2/c7-2-1-3(11)5(10-9)4(8)6(2)12/h1,10H. The number of allylic oxidation sites excluding steroid dienone is 3. The highest BCUT2D eigenvalue weighted by atomic mass is 35.5. The van der Waals surface area contributed by atoms with Crippen molar-refractivity contribution < 1.29 is 9.59 Å². The zero-order chi connectivity index (χ0) is 9.30. The highest BCUT2D eigenvalue weighted by Crippen LogP contribution is 2.23. The second-order valence-corrected chi connectivity index (χ2v) is 2.94. The molecule has 0 aromatic rings. The van der Waals surface area contributed by atoms with Crippen LogP contribution in [0.5, 0.6) is 0 Å². The van der Waals surface area contributed by atoms with Crippen molar-refractivity contribution in [3.63, 3.8) is 0 Å². The Bertz CT molecular complexity index is 319. The summed E-state index contributed by atoms with van der Waals surface area (Å²) in [6.45, 7) is 0. The van der Waals surface area contributed by atoms with E-state index < -0.39 is 11.6 Å². The van der Waals surface area contributed by atoms with Crippen molar-refractivity contribution in [1.82, 2.24) is 4.84 Å². The lowest BCUT2D eigenvalue weighted by molar-refractivity contribution is -0.115. The molecule has 1 N–H and O–H groups in total. The van der Waals surface area contributed by atoms with Gasteiger partial charge in [0.05, 0.1) is 5.03 Å². The van der Waals surface area contributed by atoms with Gasteiger partial charge in [0.2, 0.25) is 11.6 Å². The van der Waals surface area contributed by atoms with Crippen LogP contribution in [-0.4, -0.2) is 11.6 Å². The van der Waals surface area contributed by atoms with Gasteiger partial charge in [0.25, 0.3) is 0 Å². The molecule has 0 aromatic carbocycles. The Balaban J connectivity index is 3.17. The minimum absolute atomic E-state index is 0.146. The third-order valence-corrected chi connectivity index (χ3v) is 2.06. The quantitative estimate of drug-likeness (QED) is 0.544. The molecule has 0 fully saturated rings. The first kappa shape index (κ1) is 9.58. The van der Waals surface area contributed by atoms with Gasteiger partial charge in [-0.1, -0.05) is 23.2 Å². The molecular formula is C6H2Cl3NO2. The van der Waals surface area contributed by atoms with Crippen molar-refractivity contribution in [2.24, 2.45) is 0 Å². The maximum atomic E-state index is 11.0. The van der Waals surface area contributed by atoms with Gasteiger partial charge in [-0.15, -0.1) is 0 Å². The summed E-state index contributed by atoms with van der Waals surface area (Å²) >= 11 is 16.0. The van der Waals surface area contributed by atoms with Crippen molar-refractivity contribution in [2.75, 3.05) is 0 Å². The molecule has 1 aliphatic rings. The van der Waals surface area contributed by atoms with Crippen molar-refractivity contribution in [3.05, 3.63) is 21.8 Å². The number of hydrogen-bond acceptors (Lipinski definition) is 3. The van der Waals surface area contributed by atoms with Crippen LogP contribution in [0.25, 0.3) is 0 Å². The normalized spacial score (nSPS) is 18.1. The van der Waals surface area contributed by atoms with Crippen LogP contribution in [0.2, 0.25) is 0 Å². The first-order chi connectivity index (χ1) is 5.57. The highest BCUT2D eigenvalue weighted by Gasteiger charge is 2.25. The number of carbonyl (C=O) groups excluding carboxylic acids is 2. The van der Waals surface area contributed by atoms with Crippen LogP contribution >= 0.6 is 35.0 Å². The van der Waals surface area contributed by atoms with Gasteiger partial charge in [-0.2, -0.15) is 0 Å². The van der Waals surface area contributed by atoms with E-state index >= 15 is 0 Å². The predicted molar refractivity (Wildman–Crippen MR) is 45.8 cm³/mol. The molecule has 0 saturated heterocycles. The van der Waals surface area contributed by atoms with E-state index in [1.807, 2.05) is 4.84 Å². The van der Waals surface area contributed by atoms with Crippen LogP contribution in [0.1, 0.15) is 0 Å². The Morgan fingerprint density at radius 3 is 2.33 bits per heavy atom. The van der Waals surface area contributed by atoms with Crippen LogP contribution in [-0.2, 0) is 9.59 Å². The molecule has 0 aliphatic heterocycles. The number of ketones is 2. The summed E-state index contributed by atoms with van der Waals surface area (Å²) in [5.41, 5.74) is -0.146. The smallest absolute Gasteiger partial charge is 0.218 e. The SMILES string of the molecule is O=C1C=C(Cl)C(=O)C(Cl)=C1NCl. The summed E-state index contributed by atoms with van der Waals surface area (Å²) in [5.74, 6) is -1.12. The highest BCUT2D eigenvalue weighted by molar-refractivity contribution is 6.58. The molecule has 12 heavy (non-hydrogen) atoms. The lowest BCUT2D eigenvalue weighted by Crippen LogP contribution is -2.20. The molecule has 0 atom stereocenters. The Morgan fingerprint density at radius 2 is 1.83 bits per heavy atom. The van der Waals surface area contributed by atoms with E-state index in [-0.39, 0.29) is 15.8 Å². The minimum atomic E-state index is -0.610. The number of halogens is 3. The molecule has 0 amide bonds. The molecule has 0 unspecified atom stereocenters. The number of hydrogen-bond donors (Lipinski definition) is 1. The number of rotatable bonds is 1. The van der Waals surface area contributed by atoms with Gasteiger partial charge < -0.3 is 0 Å². The molecule has 1 aliphatic carbocycles. The summed E-state index contributed by atoms with van der Waals surface area (Å²) in [7, 11) is 0. The summed E-state index contributed by atoms with van der Waals surface area (Å²) in [4.78, 5) is 24.0. The van der Waals surface area contributed by atoms with Gasteiger partial charge in [-0.05, 0) is 0 Å². The Labute approximate surface area is 83.1 Å². The topological polar surface area (TPSA) is 46.2 Å². The molecule has 3 nitrogen and oxygen atoms in total. The van der Waals surface area contributed by atoms with Crippen LogP contribution in [0.4, 0.5) is 0 Å². The Morgan fingerprint density at radius 1 is 1.25 bits per heavy atom. The molecule has 0 radical (unpaired) electrons. The molecular weight excluding hydrogens is 224 g/mol. The van der Waals surface area contributed by atoms with Crippen molar-refractivity contribution in [1.29, 1.82) is 0 Å². The van der Waals surface area contributed by atoms with Crippen LogP contribution in [0.15, 0.2) is 21.8 Å². The lowest BCUT2D eigenvalue weighted by Gasteiger charge is -2.08. The molecule has 0 aromatic heterocycles. The summed E-state index contributed by atoms with van der Waals surface area (Å²) in [5, 5.41) is -0.497. The van der Waals surface area contributed by atoms with Crippen LogP contribution in [0, 0.1) is 0 Å². The van der Waals surface area contributed by atoms with E-state index in [9.17, 15) is 9.59 Å². The largest absolute Gasteiger partial charge is 0.293 e.